The Bertz CT molecular complexity index is 1950. The Kier molecular flexibility index (Phi) is 23.2. The van der Waals surface area contributed by atoms with Crippen molar-refractivity contribution in [3.05, 3.63) is 35.9 Å². The van der Waals surface area contributed by atoms with E-state index in [2.05, 4.69) is 42.0 Å². The summed E-state index contributed by atoms with van der Waals surface area (Å²) in [5.41, 5.74) is 0.205. The summed E-state index contributed by atoms with van der Waals surface area (Å²) in [6.07, 6.45) is 24.2. The minimum absolute atomic E-state index is 0.00543. The summed E-state index contributed by atoms with van der Waals surface area (Å²) in [6.45, 7) is 14.2. The highest BCUT2D eigenvalue weighted by molar-refractivity contribution is 5.82. The average molecular weight is 1030 g/mol. The van der Waals surface area contributed by atoms with Gasteiger partial charge in [0.15, 0.2) is 0 Å². The van der Waals surface area contributed by atoms with Gasteiger partial charge < -0.3 is 30.7 Å². The first-order valence-corrected chi connectivity index (χ1v) is 30.2. The van der Waals surface area contributed by atoms with Crippen LogP contribution < -0.4 is 21.3 Å². The quantitative estimate of drug-likeness (QED) is 0.0785. The van der Waals surface area contributed by atoms with E-state index in [1.165, 1.54) is 0 Å². The molecule has 0 saturated heterocycles. The van der Waals surface area contributed by atoms with Gasteiger partial charge in [-0.15, -0.1) is 0 Å². The predicted octanol–water partition coefficient (Wildman–Crippen LogP) is 12.0. The van der Waals surface area contributed by atoms with Crippen LogP contribution in [0.4, 0.5) is 0 Å². The average Bonchev–Trinajstić information content (AvgIpc) is 3.38. The van der Waals surface area contributed by atoms with Crippen LogP contribution in [0.3, 0.4) is 0 Å². The molecule has 6 rings (SSSR count). The third-order valence-electron chi connectivity index (χ3n) is 18.7. The highest BCUT2D eigenvalue weighted by Gasteiger charge is 2.44. The number of ether oxygens (including phenoxy) is 2. The molecule has 12 heteroatoms. The lowest BCUT2D eigenvalue weighted by Gasteiger charge is -2.42. The fraction of sp³-hybridized carbons (Fsp3) is 0.806. The first-order chi connectivity index (χ1) is 35.6. The van der Waals surface area contributed by atoms with Crippen molar-refractivity contribution in [2.75, 3.05) is 0 Å². The summed E-state index contributed by atoms with van der Waals surface area (Å²) >= 11 is 0. The Morgan fingerprint density at radius 3 is 1.32 bits per heavy atom. The van der Waals surface area contributed by atoms with Crippen molar-refractivity contribution in [2.24, 2.45) is 52.8 Å². The number of amides is 4. The van der Waals surface area contributed by atoms with Gasteiger partial charge in [0.05, 0.1) is 5.92 Å². The van der Waals surface area contributed by atoms with Crippen LogP contribution >= 0.6 is 0 Å². The fourth-order valence-electron chi connectivity index (χ4n) is 14.9. The van der Waals surface area contributed by atoms with Crippen molar-refractivity contribution < 1.29 is 38.2 Å². The Labute approximate surface area is 446 Å². The molecule has 4 N–H and O–H groups in total. The van der Waals surface area contributed by atoms with Crippen LogP contribution in [-0.2, 0) is 44.8 Å². The highest BCUT2D eigenvalue weighted by atomic mass is 16.6. The second-order valence-electron chi connectivity index (χ2n) is 24.8. The van der Waals surface area contributed by atoms with Gasteiger partial charge in [0.1, 0.15) is 12.2 Å². The first-order valence-electron chi connectivity index (χ1n) is 30.2. The molecule has 12 atom stereocenters. The van der Waals surface area contributed by atoms with Crippen molar-refractivity contribution in [1.29, 1.82) is 0 Å². The zero-order chi connectivity index (χ0) is 53.3. The number of hydrogen-bond donors (Lipinski definition) is 4. The molecule has 4 amide bonds. The smallest absolute Gasteiger partial charge is 0.309 e. The Morgan fingerprint density at radius 2 is 0.919 bits per heavy atom. The van der Waals surface area contributed by atoms with Gasteiger partial charge in [0.2, 0.25) is 23.6 Å². The molecule has 5 fully saturated rings. The van der Waals surface area contributed by atoms with Gasteiger partial charge in [-0.3, -0.25) is 28.8 Å². The topological polar surface area (TPSA) is 169 Å². The van der Waals surface area contributed by atoms with E-state index in [1.54, 1.807) is 0 Å². The summed E-state index contributed by atoms with van der Waals surface area (Å²) in [7, 11) is 0. The standard InChI is InChI=1S/C62H100N4O8/c1-8-43(47-28-16-20-32-51(47)63-55(67)40-62(37-24-13-25-38-62)39-36-56(68)74-61(5,6)7)57(69)64-52-33-21-17-29-48(52)44(9-2)58(70)65-53-34-22-18-30-49(53)45(10-3)59(71)66-54-35-23-19-31-50(54)46(11-4)60(72)73-41-42-26-14-12-15-27-42/h12,14-15,26-27,43-54H,8-11,13,16-25,28-41H2,1-7H3,(H,63,67)(H,64,69)(H,65,70)(H,66,71)/t43-,44-,45-,46-,47-,48-,49-,50-,51-,52-,53-,54-/m0/s1. The monoisotopic (exact) mass is 1030 g/mol. The van der Waals surface area contributed by atoms with Crippen LogP contribution in [0.5, 0.6) is 0 Å². The zero-order valence-electron chi connectivity index (χ0n) is 47.1. The van der Waals surface area contributed by atoms with Crippen molar-refractivity contribution in [1.82, 2.24) is 21.3 Å². The summed E-state index contributed by atoms with van der Waals surface area (Å²) in [6, 6.07) is 9.36. The van der Waals surface area contributed by atoms with Gasteiger partial charge in [-0.25, -0.2) is 0 Å². The summed E-state index contributed by atoms with van der Waals surface area (Å²) in [5, 5.41) is 14.1. The molecular formula is C62H100N4O8. The Morgan fingerprint density at radius 1 is 0.527 bits per heavy atom. The zero-order valence-corrected chi connectivity index (χ0v) is 47.1. The van der Waals surface area contributed by atoms with Crippen LogP contribution in [0.15, 0.2) is 30.3 Å². The van der Waals surface area contributed by atoms with E-state index in [1.807, 2.05) is 58.0 Å². The third kappa shape index (κ3) is 16.8. The number of nitrogens with one attached hydrogen (secondary N) is 4. The van der Waals surface area contributed by atoms with Crippen LogP contribution in [0.1, 0.15) is 234 Å². The number of rotatable bonds is 23. The Balaban J connectivity index is 1.07. The van der Waals surface area contributed by atoms with Gasteiger partial charge in [-0.05, 0) is 152 Å². The maximum Gasteiger partial charge on any atom is 0.309 e. The molecule has 0 radical (unpaired) electrons. The fourth-order valence-corrected chi connectivity index (χ4v) is 14.9. The molecule has 5 aliphatic carbocycles. The van der Waals surface area contributed by atoms with Gasteiger partial charge >= 0.3 is 11.9 Å². The highest BCUT2D eigenvalue weighted by Crippen LogP contribution is 2.44. The molecule has 74 heavy (non-hydrogen) atoms. The SMILES string of the molecule is CC[C@H](C(=O)N[C@H]1CCCC[C@H]1[C@H](CC)C(=O)N[C@H]1CCCC[C@H]1[C@H](CC)C(=O)N[C@H]1CCCC[C@H]1[C@H](CC)C(=O)OCc1ccccc1)[C@@H]1CCCC[C@@H]1NC(=O)CC1(CCC(=O)OC(C)(C)C)CCCCC1. The maximum absolute atomic E-state index is 14.7. The minimum Gasteiger partial charge on any atom is -0.461 e. The molecule has 5 saturated carbocycles. The van der Waals surface area contributed by atoms with Gasteiger partial charge in [0.25, 0.3) is 0 Å². The largest absolute Gasteiger partial charge is 0.461 e. The van der Waals surface area contributed by atoms with Crippen molar-refractivity contribution in [3.63, 3.8) is 0 Å². The minimum atomic E-state index is -0.541. The summed E-state index contributed by atoms with van der Waals surface area (Å²) in [4.78, 5) is 84.3. The van der Waals surface area contributed by atoms with Gasteiger partial charge in [-0.1, -0.05) is 129 Å². The molecule has 12 nitrogen and oxygen atoms in total. The van der Waals surface area contributed by atoms with E-state index in [0.717, 1.165) is 140 Å². The molecule has 0 spiro atoms. The van der Waals surface area contributed by atoms with E-state index < -0.39 is 5.60 Å². The second-order valence-corrected chi connectivity index (χ2v) is 24.8. The maximum atomic E-state index is 14.7. The lowest BCUT2D eigenvalue weighted by Crippen LogP contribution is -2.55. The van der Waals surface area contributed by atoms with Crippen LogP contribution in [0.25, 0.3) is 0 Å². The van der Waals surface area contributed by atoms with E-state index in [9.17, 15) is 28.8 Å². The molecule has 0 aromatic heterocycles. The second kappa shape index (κ2) is 29.0. The van der Waals surface area contributed by atoms with E-state index in [-0.39, 0.29) is 119 Å². The molecule has 1 aromatic carbocycles. The number of benzene rings is 1. The normalized spacial score (nSPS) is 28.0. The van der Waals surface area contributed by atoms with Gasteiger partial charge in [0, 0.05) is 54.8 Å². The first kappa shape index (κ1) is 59.3. The van der Waals surface area contributed by atoms with E-state index in [0.29, 0.717) is 44.9 Å². The molecule has 5 aliphatic rings. The summed E-state index contributed by atoms with van der Waals surface area (Å²) in [5.74, 6) is -1.23. The van der Waals surface area contributed by atoms with Gasteiger partial charge in [-0.2, -0.15) is 0 Å². The molecule has 416 valence electrons. The molecule has 0 heterocycles. The summed E-state index contributed by atoms with van der Waals surface area (Å²) < 4.78 is 11.5. The molecule has 1 aromatic rings. The lowest BCUT2D eigenvalue weighted by atomic mass is 9.68. The van der Waals surface area contributed by atoms with Crippen molar-refractivity contribution >= 4 is 35.6 Å². The number of carbonyl (C=O) groups excluding carboxylic acids is 6. The van der Waals surface area contributed by atoms with Crippen LogP contribution in [-0.4, -0.2) is 65.3 Å². The predicted molar refractivity (Wildman–Crippen MR) is 292 cm³/mol. The number of esters is 2. The molecule has 0 unspecified atom stereocenters. The Hall–Kier alpha value is -3.96. The molecule has 0 bridgehead atoms. The molecule has 0 aliphatic heterocycles. The van der Waals surface area contributed by atoms with Crippen LogP contribution in [0, 0.1) is 52.8 Å². The van der Waals surface area contributed by atoms with Crippen molar-refractivity contribution in [3.8, 4) is 0 Å². The lowest BCUT2D eigenvalue weighted by molar-refractivity contribution is -0.156. The number of hydrogen-bond acceptors (Lipinski definition) is 8. The van der Waals surface area contributed by atoms with E-state index >= 15 is 0 Å². The van der Waals surface area contributed by atoms with Crippen LogP contribution in [0.2, 0.25) is 0 Å². The third-order valence-corrected chi connectivity index (χ3v) is 18.7. The molecular weight excluding hydrogens is 929 g/mol. The number of carbonyl (C=O) groups is 6. The van der Waals surface area contributed by atoms with E-state index in [4.69, 9.17) is 9.47 Å². The van der Waals surface area contributed by atoms with Crippen molar-refractivity contribution in [2.45, 2.75) is 265 Å².